The number of primary amides is 1. The van der Waals surface area contributed by atoms with Gasteiger partial charge < -0.3 is 10.5 Å². The fraction of sp³-hybridized carbons (Fsp3) is 0. The zero-order valence-electron chi connectivity index (χ0n) is 4.87. The molecule has 1 aromatic carbocycles. The van der Waals surface area contributed by atoms with Gasteiger partial charge in [0, 0.05) is 0 Å². The molecule has 9 heavy (non-hydrogen) atoms. The van der Waals surface area contributed by atoms with Crippen molar-refractivity contribution in [3.8, 4) is 0 Å². The van der Waals surface area contributed by atoms with Crippen molar-refractivity contribution in [1.29, 1.82) is 0 Å². The molecule has 2 N–H and O–H groups in total. The second kappa shape index (κ2) is 10.5. The van der Waals surface area contributed by atoms with E-state index in [1.807, 2.05) is 30.3 Å². The van der Waals surface area contributed by atoms with Crippen molar-refractivity contribution in [1.82, 2.24) is 0 Å². The molecule has 0 fully saturated rings. The second-order valence-corrected chi connectivity index (χ2v) is 1.08. The molecule has 0 aliphatic carbocycles. The Morgan fingerprint density at radius 3 is 1.78 bits per heavy atom. The first kappa shape index (κ1) is 11.3. The summed E-state index contributed by atoms with van der Waals surface area (Å²) in [6.45, 7) is 0. The van der Waals surface area contributed by atoms with Crippen molar-refractivity contribution in [2.75, 3.05) is 0 Å². The third-order valence-corrected chi connectivity index (χ3v) is 0.556. The summed E-state index contributed by atoms with van der Waals surface area (Å²) in [5.74, 6) is 0. The fourth-order valence-electron chi connectivity index (χ4n) is 0.321. The Hall–Kier alpha value is -0.466. The minimum atomic E-state index is 0. The number of rotatable bonds is 0. The first-order valence-electron chi connectivity index (χ1n) is 2.16. The smallest absolute Gasteiger partial charge is 0.543 e. The molecule has 1 aromatic rings. The zero-order valence-corrected chi connectivity index (χ0v) is 6.43. The predicted molar refractivity (Wildman–Crippen MR) is 31.9 cm³/mol. The SMILES string of the molecule is N[C-]=O.[Ti+2].c1cc[cH-]c1. The summed E-state index contributed by atoms with van der Waals surface area (Å²) in [6, 6.07) is 10.0. The molecule has 0 aliphatic rings. The average molecular weight is 157 g/mol. The molecule has 0 bridgehead atoms. The molecule has 0 aromatic heterocycles. The van der Waals surface area contributed by atoms with Gasteiger partial charge in [0.05, 0.1) is 0 Å². The summed E-state index contributed by atoms with van der Waals surface area (Å²) >= 11 is 0. The van der Waals surface area contributed by atoms with E-state index in [-0.39, 0.29) is 21.7 Å². The summed E-state index contributed by atoms with van der Waals surface area (Å²) in [5, 5.41) is 0. The molecule has 46 valence electrons. The zero-order chi connectivity index (χ0) is 6.24. The van der Waals surface area contributed by atoms with Crippen LogP contribution in [-0.2, 0) is 26.5 Å². The molecule has 0 saturated heterocycles. The monoisotopic (exact) mass is 157 g/mol. The molecule has 0 radical (unpaired) electrons. The maximum atomic E-state index is 8.46. The van der Waals surface area contributed by atoms with Crippen LogP contribution in [0.5, 0.6) is 0 Å². The van der Waals surface area contributed by atoms with Crippen LogP contribution in [0.3, 0.4) is 0 Å². The van der Waals surface area contributed by atoms with Gasteiger partial charge in [0.1, 0.15) is 0 Å². The van der Waals surface area contributed by atoms with E-state index in [1.54, 1.807) is 0 Å². The maximum Gasteiger partial charge on any atom is 2.00 e. The van der Waals surface area contributed by atoms with Crippen LogP contribution in [-0.4, -0.2) is 6.41 Å². The van der Waals surface area contributed by atoms with Crippen molar-refractivity contribution in [2.45, 2.75) is 0 Å². The van der Waals surface area contributed by atoms with Gasteiger partial charge in [0.2, 0.25) is 0 Å². The molecule has 1 amide bonds. The standard InChI is InChI=1S/C5H5.CH2NO.Ti/c1-2-4-5-3-1;2-1-3;/h1-5H;(H2,2,3);/q2*-1;+2. The van der Waals surface area contributed by atoms with E-state index < -0.39 is 0 Å². The Kier molecular flexibility index (Phi) is 13.2. The molecule has 0 atom stereocenters. The van der Waals surface area contributed by atoms with Gasteiger partial charge in [-0.05, 0) is 0 Å². The third kappa shape index (κ3) is 11.2. The van der Waals surface area contributed by atoms with Gasteiger partial charge in [-0.25, -0.2) is 12.1 Å². The molecule has 0 saturated carbocycles. The van der Waals surface area contributed by atoms with Gasteiger partial charge >= 0.3 is 21.7 Å². The number of hydrogen-bond donors (Lipinski definition) is 1. The van der Waals surface area contributed by atoms with E-state index in [1.165, 1.54) is 0 Å². The second-order valence-electron chi connectivity index (χ2n) is 1.08. The van der Waals surface area contributed by atoms with Gasteiger partial charge in [-0.2, -0.15) is 24.6 Å². The number of nitrogens with two attached hydrogens (primary N) is 1. The molecule has 0 spiro atoms. The van der Waals surface area contributed by atoms with Gasteiger partial charge in [-0.3, -0.25) is 0 Å². The van der Waals surface area contributed by atoms with Crippen LogP contribution < -0.4 is 5.73 Å². The Bertz CT molecular complexity index is 99.4. The van der Waals surface area contributed by atoms with E-state index in [0.29, 0.717) is 0 Å². The normalized spacial score (nSPS) is 5.78. The minimum absolute atomic E-state index is 0. The van der Waals surface area contributed by atoms with Gasteiger partial charge in [-0.15, -0.1) is 0 Å². The number of carbonyl (C=O) groups excluding carboxylic acids is 1. The van der Waals surface area contributed by atoms with Crippen molar-refractivity contribution in [2.24, 2.45) is 5.73 Å². The predicted octanol–water partition coefficient (Wildman–Crippen LogP) is 0.415. The Labute approximate surface area is 69.3 Å². The topological polar surface area (TPSA) is 43.1 Å². The summed E-state index contributed by atoms with van der Waals surface area (Å²) < 4.78 is 0. The van der Waals surface area contributed by atoms with Crippen LogP contribution in [0.2, 0.25) is 0 Å². The minimum Gasteiger partial charge on any atom is -0.543 e. The first-order valence-corrected chi connectivity index (χ1v) is 2.16. The van der Waals surface area contributed by atoms with Crippen molar-refractivity contribution in [3.63, 3.8) is 0 Å². The van der Waals surface area contributed by atoms with E-state index >= 15 is 0 Å². The van der Waals surface area contributed by atoms with E-state index in [4.69, 9.17) is 4.79 Å². The molecule has 3 heteroatoms. The molecule has 0 unspecified atom stereocenters. The van der Waals surface area contributed by atoms with Crippen LogP contribution in [0.25, 0.3) is 0 Å². The van der Waals surface area contributed by atoms with Gasteiger partial charge in [0.15, 0.2) is 0 Å². The van der Waals surface area contributed by atoms with Crippen molar-refractivity contribution < 1.29 is 26.5 Å². The summed E-state index contributed by atoms with van der Waals surface area (Å²) in [6.07, 6.45) is 1.00. The van der Waals surface area contributed by atoms with Gasteiger partial charge in [-0.1, -0.05) is 0 Å². The van der Waals surface area contributed by atoms with Gasteiger partial charge in [0.25, 0.3) is 0 Å². The molecule has 1 rings (SSSR count). The largest absolute Gasteiger partial charge is 2.00 e. The molecular formula is C6H7NOTi. The quantitative estimate of drug-likeness (QED) is 0.331. The fourth-order valence-corrected chi connectivity index (χ4v) is 0.321. The summed E-state index contributed by atoms with van der Waals surface area (Å²) in [7, 11) is 0. The van der Waals surface area contributed by atoms with E-state index in [2.05, 4.69) is 5.73 Å². The van der Waals surface area contributed by atoms with Crippen molar-refractivity contribution >= 4 is 6.41 Å². The van der Waals surface area contributed by atoms with Crippen LogP contribution in [0.1, 0.15) is 0 Å². The van der Waals surface area contributed by atoms with Crippen LogP contribution in [0.4, 0.5) is 0 Å². The Morgan fingerprint density at radius 1 is 1.33 bits per heavy atom. The Balaban J connectivity index is 0. The van der Waals surface area contributed by atoms with Crippen LogP contribution in [0.15, 0.2) is 30.3 Å². The number of hydrogen-bond acceptors (Lipinski definition) is 1. The Morgan fingerprint density at radius 2 is 1.67 bits per heavy atom. The summed E-state index contributed by atoms with van der Waals surface area (Å²) in [4.78, 5) is 8.46. The molecule has 0 heterocycles. The average Bonchev–Trinajstić information content (AvgIpc) is 2.17. The van der Waals surface area contributed by atoms with Crippen LogP contribution >= 0.6 is 0 Å². The van der Waals surface area contributed by atoms with Crippen LogP contribution in [0, 0.1) is 0 Å². The first-order chi connectivity index (χ1) is 3.91. The molecule has 0 aliphatic heterocycles. The molecular weight excluding hydrogens is 150 g/mol. The number of amides is 1. The maximum absolute atomic E-state index is 8.46. The summed E-state index contributed by atoms with van der Waals surface area (Å²) in [5.41, 5.74) is 4.04. The molecule has 2 nitrogen and oxygen atoms in total. The van der Waals surface area contributed by atoms with E-state index in [0.717, 1.165) is 6.41 Å². The third-order valence-electron chi connectivity index (χ3n) is 0.556. The van der Waals surface area contributed by atoms with E-state index in [9.17, 15) is 0 Å². The van der Waals surface area contributed by atoms with Crippen molar-refractivity contribution in [3.05, 3.63) is 30.3 Å².